The number of ether oxygens (including phenoxy) is 1. The minimum atomic E-state index is -0.608. The van der Waals surface area contributed by atoms with Gasteiger partial charge in [0.2, 0.25) is 0 Å². The van der Waals surface area contributed by atoms with Gasteiger partial charge in [-0.25, -0.2) is 4.79 Å². The maximum absolute atomic E-state index is 11.8. The molecule has 2 heterocycles. The summed E-state index contributed by atoms with van der Waals surface area (Å²) in [6.07, 6.45) is 0.683. The van der Waals surface area contributed by atoms with Crippen molar-refractivity contribution in [1.82, 2.24) is 9.55 Å². The summed E-state index contributed by atoms with van der Waals surface area (Å²) < 4.78 is 6.90. The van der Waals surface area contributed by atoms with Gasteiger partial charge in [0, 0.05) is 23.6 Å². The zero-order valence-electron chi connectivity index (χ0n) is 10.9. The summed E-state index contributed by atoms with van der Waals surface area (Å²) in [7, 11) is 0. The topological polar surface area (TPSA) is 105 Å². The number of hydrogen-bond acceptors (Lipinski definition) is 5. The molecule has 1 aromatic heterocycles. The highest BCUT2D eigenvalue weighted by molar-refractivity contribution is 5.02. The largest absolute Gasteiger partial charge is 0.396 e. The first-order chi connectivity index (χ1) is 8.91. The van der Waals surface area contributed by atoms with Crippen LogP contribution in [0.4, 0.5) is 0 Å². The smallest absolute Gasteiger partial charge is 0.330 e. The Labute approximate surface area is 109 Å². The van der Waals surface area contributed by atoms with Crippen LogP contribution in [0.2, 0.25) is 0 Å². The predicted octanol–water partition coefficient (Wildman–Crippen LogP) is -0.877. The quantitative estimate of drug-likeness (QED) is 0.662. The van der Waals surface area contributed by atoms with E-state index in [0.29, 0.717) is 12.0 Å². The zero-order valence-corrected chi connectivity index (χ0v) is 10.9. The van der Waals surface area contributed by atoms with Gasteiger partial charge in [0.15, 0.2) is 0 Å². The molecular formula is C12H18N2O5. The second kappa shape index (κ2) is 4.92. The lowest BCUT2D eigenvalue weighted by atomic mass is 9.84. The van der Waals surface area contributed by atoms with E-state index in [-0.39, 0.29) is 13.2 Å². The molecule has 0 amide bonds. The molecule has 0 bridgehead atoms. The third-order valence-electron chi connectivity index (χ3n) is 3.72. The van der Waals surface area contributed by atoms with Crippen LogP contribution < -0.4 is 11.2 Å². The first-order valence-electron chi connectivity index (χ1n) is 6.10. The van der Waals surface area contributed by atoms with Gasteiger partial charge in [-0.2, -0.15) is 0 Å². The highest BCUT2D eigenvalue weighted by Crippen LogP contribution is 2.42. The second-order valence-electron chi connectivity index (χ2n) is 5.26. The third-order valence-corrected chi connectivity index (χ3v) is 3.72. The van der Waals surface area contributed by atoms with Crippen LogP contribution >= 0.6 is 0 Å². The molecule has 0 radical (unpaired) electrons. The van der Waals surface area contributed by atoms with Crippen molar-refractivity contribution in [2.24, 2.45) is 5.41 Å². The molecule has 106 valence electrons. The van der Waals surface area contributed by atoms with Crippen molar-refractivity contribution in [2.45, 2.75) is 32.6 Å². The Balaban J connectivity index is 2.38. The average molecular weight is 270 g/mol. The van der Waals surface area contributed by atoms with Crippen LogP contribution in [0.1, 0.15) is 25.1 Å². The molecule has 1 aliphatic rings. The number of aliphatic hydroxyl groups excluding tert-OH is 2. The molecule has 1 fully saturated rings. The molecule has 0 aliphatic carbocycles. The molecule has 3 N–H and O–H groups in total. The van der Waals surface area contributed by atoms with Gasteiger partial charge in [-0.15, -0.1) is 0 Å². The van der Waals surface area contributed by atoms with Crippen molar-refractivity contribution >= 4 is 0 Å². The summed E-state index contributed by atoms with van der Waals surface area (Å²) in [5.41, 5.74) is -1.19. The Morgan fingerprint density at radius 2 is 2.21 bits per heavy atom. The molecule has 2 rings (SSSR count). The van der Waals surface area contributed by atoms with E-state index in [1.165, 1.54) is 10.8 Å². The van der Waals surface area contributed by atoms with Crippen molar-refractivity contribution in [2.75, 3.05) is 13.2 Å². The monoisotopic (exact) mass is 270 g/mol. The number of rotatable bonds is 3. The normalized spacial score (nSPS) is 30.7. The van der Waals surface area contributed by atoms with E-state index in [9.17, 15) is 19.8 Å². The van der Waals surface area contributed by atoms with Gasteiger partial charge in [-0.05, 0) is 6.92 Å². The minimum absolute atomic E-state index is 0.147. The summed E-state index contributed by atoms with van der Waals surface area (Å²) >= 11 is 0. The molecule has 7 nitrogen and oxygen atoms in total. The number of H-pyrrole nitrogens is 1. The van der Waals surface area contributed by atoms with Crippen LogP contribution in [-0.4, -0.2) is 39.1 Å². The number of nitrogens with one attached hydrogen (secondary N) is 1. The summed E-state index contributed by atoms with van der Waals surface area (Å²) in [4.78, 5) is 25.3. The molecule has 19 heavy (non-hydrogen) atoms. The van der Waals surface area contributed by atoms with Crippen molar-refractivity contribution in [3.63, 3.8) is 0 Å². The van der Waals surface area contributed by atoms with E-state index in [4.69, 9.17) is 4.74 Å². The highest BCUT2D eigenvalue weighted by atomic mass is 16.5. The number of aliphatic hydroxyl groups is 2. The number of aromatic nitrogens is 2. The van der Waals surface area contributed by atoms with Crippen molar-refractivity contribution in [1.29, 1.82) is 0 Å². The minimum Gasteiger partial charge on any atom is -0.396 e. The number of hydrogen-bond donors (Lipinski definition) is 3. The number of nitrogens with zero attached hydrogens (tertiary/aromatic N) is 1. The van der Waals surface area contributed by atoms with Crippen LogP contribution in [0.5, 0.6) is 0 Å². The fourth-order valence-corrected chi connectivity index (χ4v) is 2.33. The molecule has 7 heteroatoms. The maximum Gasteiger partial charge on any atom is 0.330 e. The zero-order chi connectivity index (χ0) is 14.2. The van der Waals surface area contributed by atoms with Gasteiger partial charge in [-0.3, -0.25) is 14.3 Å². The molecule has 0 aromatic carbocycles. The van der Waals surface area contributed by atoms with Crippen LogP contribution in [0, 0.1) is 12.3 Å². The summed E-state index contributed by atoms with van der Waals surface area (Å²) in [5.74, 6) is 0. The lowest BCUT2D eigenvalue weighted by Crippen LogP contribution is -2.34. The van der Waals surface area contributed by atoms with Crippen molar-refractivity contribution < 1.29 is 14.9 Å². The SMILES string of the molecule is Cc1cn(C2CC(C)(CO)C(CO)O2)c(=O)[nH]c1=O. The molecule has 1 aromatic rings. The Hall–Kier alpha value is -1.44. The van der Waals surface area contributed by atoms with E-state index in [2.05, 4.69) is 4.98 Å². The first kappa shape index (κ1) is 14.0. The third kappa shape index (κ3) is 2.36. The van der Waals surface area contributed by atoms with Crippen LogP contribution in [0.25, 0.3) is 0 Å². The molecule has 3 atom stereocenters. The van der Waals surface area contributed by atoms with Gasteiger partial charge in [0.25, 0.3) is 5.56 Å². The van der Waals surface area contributed by atoms with Crippen molar-refractivity contribution in [3.8, 4) is 0 Å². The molecular weight excluding hydrogens is 252 g/mol. The average Bonchev–Trinajstić information content (AvgIpc) is 2.71. The number of aromatic amines is 1. The van der Waals surface area contributed by atoms with E-state index in [1.54, 1.807) is 13.8 Å². The van der Waals surface area contributed by atoms with Crippen molar-refractivity contribution in [3.05, 3.63) is 32.6 Å². The number of aryl methyl sites for hydroxylation is 1. The Bertz CT molecular complexity index is 578. The van der Waals surface area contributed by atoms with Gasteiger partial charge in [0.1, 0.15) is 6.23 Å². The fraction of sp³-hybridized carbons (Fsp3) is 0.667. The lowest BCUT2D eigenvalue weighted by molar-refractivity contribution is -0.0542. The summed E-state index contributed by atoms with van der Waals surface area (Å²) in [5, 5.41) is 18.7. The predicted molar refractivity (Wildman–Crippen MR) is 66.9 cm³/mol. The molecule has 1 saturated heterocycles. The maximum atomic E-state index is 11.8. The standard InChI is InChI=1S/C12H18N2O5/c1-7-4-14(11(18)13-10(7)17)9-3-12(2,6-16)8(5-15)19-9/h4,8-9,15-16H,3,5-6H2,1-2H3,(H,13,17,18). The van der Waals surface area contributed by atoms with E-state index in [0.717, 1.165) is 0 Å². The summed E-state index contributed by atoms with van der Waals surface area (Å²) in [6.45, 7) is 3.01. The van der Waals surface area contributed by atoms with Gasteiger partial charge in [0.05, 0.1) is 19.3 Å². The van der Waals surface area contributed by atoms with Gasteiger partial charge in [-0.1, -0.05) is 6.92 Å². The summed E-state index contributed by atoms with van der Waals surface area (Å²) in [6, 6.07) is 0. The second-order valence-corrected chi connectivity index (χ2v) is 5.26. The van der Waals surface area contributed by atoms with Crippen LogP contribution in [0.15, 0.2) is 15.8 Å². The van der Waals surface area contributed by atoms with Crippen LogP contribution in [0.3, 0.4) is 0 Å². The molecule has 3 unspecified atom stereocenters. The highest BCUT2D eigenvalue weighted by Gasteiger charge is 2.45. The Morgan fingerprint density at radius 1 is 1.53 bits per heavy atom. The van der Waals surface area contributed by atoms with Crippen LogP contribution in [-0.2, 0) is 4.74 Å². The fourth-order valence-electron chi connectivity index (χ4n) is 2.33. The molecule has 1 aliphatic heterocycles. The van der Waals surface area contributed by atoms with E-state index >= 15 is 0 Å². The van der Waals surface area contributed by atoms with Gasteiger partial charge < -0.3 is 14.9 Å². The van der Waals surface area contributed by atoms with E-state index < -0.39 is 29.0 Å². The Morgan fingerprint density at radius 3 is 2.74 bits per heavy atom. The van der Waals surface area contributed by atoms with Gasteiger partial charge >= 0.3 is 5.69 Å². The molecule has 0 saturated carbocycles. The Kier molecular flexibility index (Phi) is 3.62. The lowest BCUT2D eigenvalue weighted by Gasteiger charge is -2.25. The van der Waals surface area contributed by atoms with E-state index in [1.807, 2.05) is 0 Å². The first-order valence-corrected chi connectivity index (χ1v) is 6.10. The molecule has 0 spiro atoms.